The number of amides is 3. The Morgan fingerprint density at radius 3 is 1.63 bits per heavy atom. The Morgan fingerprint density at radius 1 is 0.544 bits per heavy atom. The summed E-state index contributed by atoms with van der Waals surface area (Å²) in [6.07, 6.45) is 33.8. The molecule has 762 valence electrons. The monoisotopic (exact) mass is 1990 g/mol. The highest BCUT2D eigenvalue weighted by atomic mass is 16.5. The molecule has 12 aliphatic carbocycles. The molecular weight excluding hydrogens is 1870 g/mol. The fourth-order valence-corrected chi connectivity index (χ4v) is 23.2. The molecule has 0 radical (unpaired) electrons. The van der Waals surface area contributed by atoms with Crippen LogP contribution in [-0.2, 0) is 17.8 Å². The Kier molecular flexibility index (Phi) is 26.7. The number of H-pyrrole nitrogens is 2. The third kappa shape index (κ3) is 20.8. The van der Waals surface area contributed by atoms with Crippen LogP contribution in [-0.4, -0.2) is 262 Å². The lowest BCUT2D eigenvalue weighted by Crippen LogP contribution is -2.68. The lowest BCUT2D eigenvalue weighted by Gasteiger charge is -2.61. The number of aromatic nitrogens is 20. The first-order chi connectivity index (χ1) is 71.7. The number of carbonyl (C=O) groups excluding carboxylic acids is 4. The van der Waals surface area contributed by atoms with Crippen molar-refractivity contribution in [2.75, 3.05) is 118 Å². The normalized spacial score (nSPS) is 26.0. The number of ether oxygens (including phenoxy) is 6. The van der Waals surface area contributed by atoms with Crippen LogP contribution in [0.1, 0.15) is 262 Å². The summed E-state index contributed by atoms with van der Waals surface area (Å²) < 4.78 is 34.7. The van der Waals surface area contributed by atoms with Crippen LogP contribution in [0, 0.1) is 98.1 Å². The molecule has 29 rings (SSSR count). The number of anilines is 4. The highest BCUT2D eigenvalue weighted by molar-refractivity contribution is 6.06. The lowest BCUT2D eigenvalue weighted by molar-refractivity contribution is -0.103. The SMILES string of the molecule is CC[C@@H](C)NC(=O)c1cc(N2CCC(C3=NCc4ncccc43)CC2)nc(OC[C@H]2CCCO2)n1.N#CC1(COc2nc(C(=O)CC34CC(C3)C4)nc(N3CCC(C4=NCc5ncncc54)CC3)n2)CC1.N#C[C@@H]1C[C@@H]1COc1nc(C(=O)NC23CC(C2)C3)cc(N2CCC(c3[nH]nc4ncc(OCCO)cc34)CC2)n1.N#C[C@@H]1C[C@@H]1COc1nc(C(=O)NC23CC(C2)C3)nc(N2CCC(c3[nH]nc4ncncc34)CC2)n1. The highest BCUT2D eigenvalue weighted by Crippen LogP contribution is 2.66. The molecule has 43 nitrogen and oxygen atoms in total. The van der Waals surface area contributed by atoms with Crippen LogP contribution in [0.25, 0.3) is 22.1 Å². The number of piperidine rings is 4. The van der Waals surface area contributed by atoms with E-state index in [9.17, 15) is 24.4 Å². The number of aliphatic imine (C=N–C) groups is 2. The number of aromatic amines is 2. The van der Waals surface area contributed by atoms with E-state index in [0.717, 1.165) is 268 Å². The molecule has 6 N–H and O–H groups in total. The minimum absolute atomic E-state index is 0.0281. The van der Waals surface area contributed by atoms with Gasteiger partial charge in [-0.2, -0.15) is 75.8 Å². The number of carbonyl (C=O) groups is 4. The van der Waals surface area contributed by atoms with Crippen molar-refractivity contribution < 1.29 is 52.7 Å². The van der Waals surface area contributed by atoms with E-state index in [2.05, 4.69) is 160 Å². The molecule has 6 atom stereocenters. The number of fused-ring (bicyclic) bond motifs is 4. The molecule has 17 fully saturated rings. The maximum absolute atomic E-state index is 13.2. The van der Waals surface area contributed by atoms with Gasteiger partial charge in [-0.05, 0) is 202 Å². The van der Waals surface area contributed by atoms with Gasteiger partial charge in [0.25, 0.3) is 17.7 Å². The third-order valence-corrected chi connectivity index (χ3v) is 32.9. The summed E-state index contributed by atoms with van der Waals surface area (Å²) in [7, 11) is 0. The number of hydrogen-bond donors (Lipinski definition) is 6. The highest BCUT2D eigenvalue weighted by Gasteiger charge is 2.60. The molecule has 10 aromatic heterocycles. The van der Waals surface area contributed by atoms with Crippen molar-refractivity contribution in [1.82, 2.24) is 116 Å². The minimum Gasteiger partial charge on any atom is -0.490 e. The standard InChI is InChI=1S/C28H32N8O4.C26H28N8O2.C26H34N6O3.C24H26N10O2/c29-13-18-7-19(18)15-40-27-31-22(26(38)33-28-10-16(11-28)12-28)9-23(32-27)36-3-1-17(2-4-36)24-21-8-20(39-6-5-37)14-30-25(21)35-34-24;27-13-25(3-4-25)14-36-24-32-22(20(35)10-26-7-16(8-26)9-26)31-23(33-24)34-5-1-17(2-6-34)21-18-11-28-15-30-19(18)12-29-21;1-3-17(2)29-25(33)21-14-23(31-26(30-21)35-16-19-6-5-13-34-19)32-11-8-18(9-12-32)24-20-7-4-10-27-22(20)15-28-24;25-9-15-5-16(15)11-36-23-29-20(21(35)31-24-6-13(7-24)8-24)28-22(30-23)34-3-1-14(2-4-34)18-17-10-26-12-27-19(17)33-32-18/h8-9,14,16-19,37H,1-7,10-12,15H2,(H,33,38)(H,30,34,35);11,15-17H,1-10,12,14H2;4,7,10,14,17-19H,3,5-6,8-9,11-13,15-16H2,1-2H3,(H,29,33);10,12-16H,1-8,11H2,(H,31,35)(H,26,27,32,33)/t16?,18-,19+,28?;;17-,19-;13?,15-,16+,24?/m0.10/s1. The molecule has 3 amide bonds. The lowest BCUT2D eigenvalue weighted by atomic mass is 9.43. The summed E-state index contributed by atoms with van der Waals surface area (Å²) in [5.74, 6) is 6.58. The van der Waals surface area contributed by atoms with Crippen LogP contribution in [0.3, 0.4) is 0 Å². The van der Waals surface area contributed by atoms with Gasteiger partial charge in [0, 0.05) is 188 Å². The molecule has 10 aromatic rings. The van der Waals surface area contributed by atoms with Gasteiger partial charge in [-0.1, -0.05) is 6.92 Å². The van der Waals surface area contributed by atoms with E-state index < -0.39 is 5.41 Å². The number of Topliss-reactive ketones (excluding diaryl/α,β-unsaturated/α-hetero) is 1. The maximum atomic E-state index is 13.2. The first kappa shape index (κ1) is 96.1. The second kappa shape index (κ2) is 40.8. The summed E-state index contributed by atoms with van der Waals surface area (Å²) in [5.41, 5.74) is 10.3. The summed E-state index contributed by atoms with van der Waals surface area (Å²) in [6, 6.07) is 17.2. The number of nitriles is 3. The summed E-state index contributed by atoms with van der Waals surface area (Å²) in [6.45, 7) is 13.7. The van der Waals surface area contributed by atoms with Gasteiger partial charge in [0.15, 0.2) is 11.3 Å². The number of ketones is 1. The zero-order valence-electron chi connectivity index (χ0n) is 82.7. The van der Waals surface area contributed by atoms with Crippen LogP contribution >= 0.6 is 0 Å². The molecule has 0 aromatic carbocycles. The van der Waals surface area contributed by atoms with E-state index in [1.807, 2.05) is 38.4 Å². The Hall–Kier alpha value is -14.4. The first-order valence-corrected chi connectivity index (χ1v) is 52.4. The fraction of sp³-hybridized carbons (Fsp3) is 0.587. The molecule has 0 unspecified atom stereocenters. The summed E-state index contributed by atoms with van der Waals surface area (Å²) in [5, 5.41) is 62.9. The van der Waals surface area contributed by atoms with E-state index in [1.165, 1.54) is 17.6 Å². The maximum Gasteiger partial charge on any atom is 0.321 e. The van der Waals surface area contributed by atoms with E-state index >= 15 is 0 Å². The van der Waals surface area contributed by atoms with Crippen LogP contribution in [0.15, 0.2) is 77.8 Å². The molecule has 6 bridgehead atoms. The van der Waals surface area contributed by atoms with Crippen molar-refractivity contribution >= 4 is 80.5 Å². The Labute approximate surface area is 848 Å². The van der Waals surface area contributed by atoms with Crippen molar-refractivity contribution in [1.29, 1.82) is 15.8 Å². The van der Waals surface area contributed by atoms with Gasteiger partial charge in [-0.3, -0.25) is 44.3 Å². The number of hydrogen-bond acceptors (Lipinski definition) is 38. The van der Waals surface area contributed by atoms with Gasteiger partial charge >= 0.3 is 24.0 Å². The smallest absolute Gasteiger partial charge is 0.321 e. The number of pyridine rings is 2. The zero-order valence-corrected chi connectivity index (χ0v) is 82.7. The van der Waals surface area contributed by atoms with Gasteiger partial charge in [0.1, 0.15) is 61.2 Å². The number of nitrogens with one attached hydrogen (secondary N) is 5. The average Bonchev–Trinajstić information content (AvgIpc) is 1.67. The number of rotatable bonds is 33. The second-order valence-electron chi connectivity index (χ2n) is 43.2. The van der Waals surface area contributed by atoms with Crippen molar-refractivity contribution in [3.63, 3.8) is 0 Å². The van der Waals surface area contributed by atoms with E-state index in [1.54, 1.807) is 30.9 Å². The summed E-state index contributed by atoms with van der Waals surface area (Å²) >= 11 is 0. The van der Waals surface area contributed by atoms with Crippen LogP contribution in [0.4, 0.5) is 23.5 Å². The molecule has 19 aliphatic rings. The third-order valence-electron chi connectivity index (χ3n) is 32.9. The van der Waals surface area contributed by atoms with E-state index in [-0.39, 0.29) is 137 Å². The predicted molar refractivity (Wildman–Crippen MR) is 531 cm³/mol. The van der Waals surface area contributed by atoms with Crippen LogP contribution in [0.2, 0.25) is 0 Å². The van der Waals surface area contributed by atoms with Crippen LogP contribution < -0.4 is 59.2 Å². The van der Waals surface area contributed by atoms with Gasteiger partial charge in [0.2, 0.25) is 29.3 Å². The molecule has 12 saturated carbocycles. The minimum atomic E-state index is -0.441. The van der Waals surface area contributed by atoms with Gasteiger partial charge < -0.3 is 69.1 Å². The largest absolute Gasteiger partial charge is 0.490 e. The molecule has 0 spiro atoms. The van der Waals surface area contributed by atoms with E-state index in [4.69, 9.17) is 54.0 Å². The Morgan fingerprint density at radius 2 is 1.07 bits per heavy atom. The fourth-order valence-electron chi connectivity index (χ4n) is 23.2. The topological polar surface area (TPSA) is 553 Å². The Balaban J connectivity index is 0.000000108. The molecule has 5 saturated heterocycles. The van der Waals surface area contributed by atoms with Crippen molar-refractivity contribution in [2.45, 2.75) is 223 Å². The van der Waals surface area contributed by atoms with Crippen molar-refractivity contribution in [2.24, 2.45) is 74.1 Å². The molecule has 43 heteroatoms. The van der Waals surface area contributed by atoms with Crippen LogP contribution in [0.5, 0.6) is 29.8 Å². The molecular formula is C104H120N32O11. The predicted octanol–water partition coefficient (Wildman–Crippen LogP) is 10.2. The first-order valence-electron chi connectivity index (χ1n) is 52.4. The second-order valence-corrected chi connectivity index (χ2v) is 43.2. The quantitative estimate of drug-likeness (QED) is 0.0208. The van der Waals surface area contributed by atoms with Gasteiger partial charge in [-0.15, -0.1) is 0 Å². The molecule has 17 heterocycles. The van der Waals surface area contributed by atoms with Crippen molar-refractivity contribution in [3.8, 4) is 48.0 Å². The molecule has 7 aliphatic heterocycles. The summed E-state index contributed by atoms with van der Waals surface area (Å²) in [4.78, 5) is 141. The number of nitrogens with zero attached hydrogens (tertiary/aromatic N) is 27. The van der Waals surface area contributed by atoms with Gasteiger partial charge in [0.05, 0.1) is 97.4 Å². The zero-order chi connectivity index (χ0) is 100. The number of aliphatic hydroxyl groups excluding tert-OH is 1. The average molecular weight is 1990 g/mol. The van der Waals surface area contributed by atoms with Gasteiger partial charge in [-0.25, -0.2) is 24.9 Å². The van der Waals surface area contributed by atoms with E-state index in [0.29, 0.717) is 116 Å². The molecule has 147 heavy (non-hydrogen) atoms. The van der Waals surface area contributed by atoms with Crippen molar-refractivity contribution in [3.05, 3.63) is 125 Å². The number of aliphatic hydroxyl groups is 1. The Bertz CT molecular complexity index is 6780.